The predicted molar refractivity (Wildman–Crippen MR) is 104 cm³/mol. The smallest absolute Gasteiger partial charge is 0.293 e. The van der Waals surface area contributed by atoms with Gasteiger partial charge >= 0.3 is 0 Å². The second-order valence-electron chi connectivity index (χ2n) is 6.21. The SMILES string of the molecule is O=C(NCCN1C(=O)S/C(=C/c2ccc3c(c2)OCO3)C1=O)c1ccc(F)cc1. The van der Waals surface area contributed by atoms with E-state index in [1.807, 2.05) is 0 Å². The maximum absolute atomic E-state index is 12.9. The third kappa shape index (κ3) is 4.09. The lowest BCUT2D eigenvalue weighted by Gasteiger charge is -2.13. The third-order valence-electron chi connectivity index (χ3n) is 4.30. The molecular formula is C20H15FN2O5S. The Bertz CT molecular complexity index is 1020. The van der Waals surface area contributed by atoms with Crippen LogP contribution in [0.2, 0.25) is 0 Å². The number of hydrogen-bond donors (Lipinski definition) is 1. The summed E-state index contributed by atoms with van der Waals surface area (Å²) in [6.45, 7) is 0.278. The zero-order chi connectivity index (χ0) is 20.4. The van der Waals surface area contributed by atoms with E-state index in [1.165, 1.54) is 24.3 Å². The van der Waals surface area contributed by atoms with Crippen molar-refractivity contribution in [2.75, 3.05) is 19.9 Å². The van der Waals surface area contributed by atoms with Crippen molar-refractivity contribution in [3.05, 3.63) is 64.3 Å². The highest BCUT2D eigenvalue weighted by atomic mass is 32.2. The molecule has 0 spiro atoms. The molecule has 4 rings (SSSR count). The van der Waals surface area contributed by atoms with E-state index in [-0.39, 0.29) is 19.9 Å². The molecule has 1 fully saturated rings. The number of nitrogens with zero attached hydrogens (tertiary/aromatic N) is 1. The van der Waals surface area contributed by atoms with Crippen molar-refractivity contribution in [3.8, 4) is 11.5 Å². The van der Waals surface area contributed by atoms with Crippen LogP contribution in [0.1, 0.15) is 15.9 Å². The number of fused-ring (bicyclic) bond motifs is 1. The highest BCUT2D eigenvalue weighted by Crippen LogP contribution is 2.36. The minimum absolute atomic E-state index is 0.0378. The van der Waals surface area contributed by atoms with Gasteiger partial charge in [0.1, 0.15) is 5.82 Å². The van der Waals surface area contributed by atoms with Crippen LogP contribution in [-0.2, 0) is 4.79 Å². The Hall–Kier alpha value is -3.33. The minimum Gasteiger partial charge on any atom is -0.454 e. The first kappa shape index (κ1) is 19.0. The van der Waals surface area contributed by atoms with Gasteiger partial charge in [0.05, 0.1) is 4.91 Å². The number of hydrogen-bond acceptors (Lipinski definition) is 6. The van der Waals surface area contributed by atoms with Gasteiger partial charge in [-0.3, -0.25) is 19.3 Å². The van der Waals surface area contributed by atoms with E-state index >= 15 is 0 Å². The Morgan fingerprint density at radius 3 is 2.69 bits per heavy atom. The molecule has 2 aliphatic heterocycles. The number of rotatable bonds is 5. The molecule has 2 aliphatic rings. The molecule has 148 valence electrons. The van der Waals surface area contributed by atoms with Crippen molar-refractivity contribution in [2.24, 2.45) is 0 Å². The number of amides is 3. The fourth-order valence-corrected chi connectivity index (χ4v) is 3.70. The summed E-state index contributed by atoms with van der Waals surface area (Å²) < 4.78 is 23.5. The average Bonchev–Trinajstić information content (AvgIpc) is 3.27. The summed E-state index contributed by atoms with van der Waals surface area (Å²) in [6, 6.07) is 10.3. The molecule has 1 saturated heterocycles. The van der Waals surface area contributed by atoms with E-state index in [4.69, 9.17) is 9.47 Å². The van der Waals surface area contributed by atoms with Crippen LogP contribution in [0.4, 0.5) is 9.18 Å². The summed E-state index contributed by atoms with van der Waals surface area (Å²) in [5.74, 6) is -0.0520. The summed E-state index contributed by atoms with van der Waals surface area (Å²) in [4.78, 5) is 38.1. The van der Waals surface area contributed by atoms with Crippen molar-refractivity contribution in [3.63, 3.8) is 0 Å². The Morgan fingerprint density at radius 1 is 1.14 bits per heavy atom. The van der Waals surface area contributed by atoms with Crippen LogP contribution < -0.4 is 14.8 Å². The van der Waals surface area contributed by atoms with Crippen molar-refractivity contribution < 1.29 is 28.2 Å². The lowest BCUT2D eigenvalue weighted by molar-refractivity contribution is -0.122. The van der Waals surface area contributed by atoms with Gasteiger partial charge in [-0.15, -0.1) is 0 Å². The second-order valence-corrected chi connectivity index (χ2v) is 7.20. The molecule has 2 aromatic rings. The molecule has 9 heteroatoms. The Morgan fingerprint density at radius 2 is 1.90 bits per heavy atom. The first-order valence-corrected chi connectivity index (χ1v) is 9.52. The van der Waals surface area contributed by atoms with Crippen LogP contribution in [0.15, 0.2) is 47.4 Å². The molecule has 0 bridgehead atoms. The van der Waals surface area contributed by atoms with Gasteiger partial charge in [0, 0.05) is 18.7 Å². The Balaban J connectivity index is 1.37. The molecule has 2 aromatic carbocycles. The van der Waals surface area contributed by atoms with Crippen LogP contribution in [-0.4, -0.2) is 41.8 Å². The van der Waals surface area contributed by atoms with Crippen LogP contribution in [0.25, 0.3) is 6.08 Å². The molecule has 2 heterocycles. The van der Waals surface area contributed by atoms with Gasteiger partial charge in [-0.2, -0.15) is 0 Å². The molecule has 29 heavy (non-hydrogen) atoms. The molecule has 0 atom stereocenters. The van der Waals surface area contributed by atoms with Crippen LogP contribution in [0.5, 0.6) is 11.5 Å². The number of thioether (sulfide) groups is 1. The van der Waals surface area contributed by atoms with E-state index in [9.17, 15) is 18.8 Å². The lowest BCUT2D eigenvalue weighted by atomic mass is 10.2. The summed E-state index contributed by atoms with van der Waals surface area (Å²) >= 11 is 0.839. The van der Waals surface area contributed by atoms with Crippen LogP contribution in [0.3, 0.4) is 0 Å². The fourth-order valence-electron chi connectivity index (χ4n) is 2.83. The van der Waals surface area contributed by atoms with Gasteiger partial charge in [0.15, 0.2) is 11.5 Å². The highest BCUT2D eigenvalue weighted by molar-refractivity contribution is 8.18. The number of carbonyl (C=O) groups is 3. The molecule has 0 unspecified atom stereocenters. The zero-order valence-electron chi connectivity index (χ0n) is 15.0. The Kier molecular flexibility index (Phi) is 5.22. The summed E-state index contributed by atoms with van der Waals surface area (Å²) in [7, 11) is 0. The molecular weight excluding hydrogens is 399 g/mol. The molecule has 0 aliphatic carbocycles. The number of halogens is 1. The molecule has 1 N–H and O–H groups in total. The second kappa shape index (κ2) is 7.96. The van der Waals surface area contributed by atoms with Gasteiger partial charge < -0.3 is 14.8 Å². The summed E-state index contributed by atoms with van der Waals surface area (Å²) in [5, 5.41) is 2.21. The van der Waals surface area contributed by atoms with Crippen molar-refractivity contribution in [1.82, 2.24) is 10.2 Å². The highest BCUT2D eigenvalue weighted by Gasteiger charge is 2.34. The first-order valence-electron chi connectivity index (χ1n) is 8.70. The average molecular weight is 414 g/mol. The summed E-state index contributed by atoms with van der Waals surface area (Å²) in [6.07, 6.45) is 1.62. The number of benzene rings is 2. The summed E-state index contributed by atoms with van der Waals surface area (Å²) in [5.41, 5.74) is 1.01. The maximum atomic E-state index is 12.9. The predicted octanol–water partition coefficient (Wildman–Crippen LogP) is 3.02. The number of ether oxygens (including phenoxy) is 2. The molecule has 0 aromatic heterocycles. The molecule has 3 amide bonds. The van der Waals surface area contributed by atoms with Gasteiger partial charge in [0.25, 0.3) is 17.1 Å². The maximum Gasteiger partial charge on any atom is 0.293 e. The normalized spacial score (nSPS) is 16.6. The van der Waals surface area contributed by atoms with Crippen LogP contribution in [0, 0.1) is 5.82 Å². The van der Waals surface area contributed by atoms with Crippen LogP contribution >= 0.6 is 11.8 Å². The largest absolute Gasteiger partial charge is 0.454 e. The molecule has 7 nitrogen and oxygen atoms in total. The van der Waals surface area contributed by atoms with E-state index < -0.39 is 22.9 Å². The van der Waals surface area contributed by atoms with Gasteiger partial charge in [-0.25, -0.2) is 4.39 Å². The first-order chi connectivity index (χ1) is 14.0. The van der Waals surface area contributed by atoms with Crippen molar-refractivity contribution in [2.45, 2.75) is 0 Å². The van der Waals surface area contributed by atoms with Crippen molar-refractivity contribution in [1.29, 1.82) is 0 Å². The van der Waals surface area contributed by atoms with E-state index in [0.29, 0.717) is 27.5 Å². The quantitative estimate of drug-likeness (QED) is 0.757. The fraction of sp³-hybridized carbons (Fsp3) is 0.150. The topological polar surface area (TPSA) is 84.9 Å². The van der Waals surface area contributed by atoms with E-state index in [0.717, 1.165) is 16.7 Å². The van der Waals surface area contributed by atoms with Crippen molar-refractivity contribution >= 4 is 34.9 Å². The Labute approximate surface area is 169 Å². The lowest BCUT2D eigenvalue weighted by Crippen LogP contribution is -2.37. The minimum atomic E-state index is -0.436. The van der Waals surface area contributed by atoms with Gasteiger partial charge in [-0.05, 0) is 59.8 Å². The van der Waals surface area contributed by atoms with E-state index in [2.05, 4.69) is 5.32 Å². The van der Waals surface area contributed by atoms with Gasteiger partial charge in [-0.1, -0.05) is 6.07 Å². The molecule has 0 radical (unpaired) electrons. The standard InChI is InChI=1S/C20H15FN2O5S/c21-14-4-2-13(3-5-14)18(24)22-7-8-23-19(25)17(29-20(23)26)10-12-1-6-15-16(9-12)28-11-27-15/h1-6,9-10H,7-8,11H2,(H,22,24)/b17-10+. The number of imide groups is 1. The number of carbonyl (C=O) groups excluding carboxylic acids is 3. The van der Waals surface area contributed by atoms with Gasteiger partial charge in [0.2, 0.25) is 6.79 Å². The number of nitrogens with one attached hydrogen (secondary N) is 1. The van der Waals surface area contributed by atoms with E-state index in [1.54, 1.807) is 24.3 Å². The monoisotopic (exact) mass is 414 g/mol. The third-order valence-corrected chi connectivity index (χ3v) is 5.20. The molecule has 0 saturated carbocycles. The zero-order valence-corrected chi connectivity index (χ0v) is 15.8.